The molecule has 0 spiro atoms. The molecule has 1 heterocycles. The molecule has 7 heteroatoms. The number of carbonyl (C=O) groups is 1. The van der Waals surface area contributed by atoms with Crippen LogP contribution in [0.15, 0.2) is 72.9 Å². The molecule has 1 amide bonds. The van der Waals surface area contributed by atoms with Gasteiger partial charge in [0, 0.05) is 29.4 Å². The normalized spacial score (nSPS) is 10.9. The van der Waals surface area contributed by atoms with E-state index in [1.165, 1.54) is 0 Å². The van der Waals surface area contributed by atoms with Crippen LogP contribution < -0.4 is 10.6 Å². The number of aliphatic hydroxyl groups excluding tert-OH is 1. The van der Waals surface area contributed by atoms with Crippen LogP contribution >= 0.6 is 23.2 Å². The van der Waals surface area contributed by atoms with E-state index in [0.29, 0.717) is 27.8 Å². The molecule has 0 aliphatic heterocycles. The molecule has 0 bridgehead atoms. The second-order valence-electron chi connectivity index (χ2n) is 6.93. The van der Waals surface area contributed by atoms with E-state index in [1.807, 2.05) is 36.4 Å². The quantitative estimate of drug-likeness (QED) is 0.338. The van der Waals surface area contributed by atoms with E-state index in [4.69, 9.17) is 28.3 Å². The van der Waals surface area contributed by atoms with Gasteiger partial charge in [0.15, 0.2) is 0 Å². The van der Waals surface area contributed by atoms with Crippen LogP contribution in [-0.2, 0) is 6.54 Å². The minimum Gasteiger partial charge on any atom is -0.381 e. The number of hydrogen-bond acceptors (Lipinski definition) is 4. The van der Waals surface area contributed by atoms with Crippen molar-refractivity contribution in [3.63, 3.8) is 0 Å². The number of fused-ring (bicyclic) bond motifs is 1. The third-order valence-corrected chi connectivity index (χ3v) is 5.51. The zero-order valence-electron chi connectivity index (χ0n) is 16.4. The molecule has 156 valence electrons. The number of pyridine rings is 1. The number of hydrogen-bond donors (Lipinski definition) is 3. The van der Waals surface area contributed by atoms with Gasteiger partial charge in [-0.05, 0) is 47.3 Å². The predicted molar refractivity (Wildman–Crippen MR) is 126 cm³/mol. The van der Waals surface area contributed by atoms with E-state index in [1.54, 1.807) is 36.5 Å². The highest BCUT2D eigenvalue weighted by Gasteiger charge is 2.14. The fraction of sp³-hybridized carbons (Fsp3) is 0.0833. The van der Waals surface area contributed by atoms with E-state index in [-0.39, 0.29) is 12.6 Å². The van der Waals surface area contributed by atoms with Crippen molar-refractivity contribution in [1.29, 1.82) is 0 Å². The summed E-state index contributed by atoms with van der Waals surface area (Å²) >= 11 is 12.8. The Morgan fingerprint density at radius 1 is 0.968 bits per heavy atom. The van der Waals surface area contributed by atoms with Crippen LogP contribution in [0.25, 0.3) is 22.0 Å². The van der Waals surface area contributed by atoms with Gasteiger partial charge in [0.2, 0.25) is 0 Å². The summed E-state index contributed by atoms with van der Waals surface area (Å²) in [6.07, 6.45) is 1.74. The molecule has 0 radical (unpaired) electrons. The van der Waals surface area contributed by atoms with E-state index < -0.39 is 0 Å². The molecule has 0 saturated carbocycles. The van der Waals surface area contributed by atoms with Gasteiger partial charge in [0.05, 0.1) is 28.0 Å². The molecule has 0 saturated heterocycles. The van der Waals surface area contributed by atoms with Crippen LogP contribution in [0.3, 0.4) is 0 Å². The van der Waals surface area contributed by atoms with E-state index in [9.17, 15) is 4.79 Å². The Bertz CT molecular complexity index is 1260. The lowest BCUT2D eigenvalue weighted by Gasteiger charge is -2.12. The van der Waals surface area contributed by atoms with Crippen molar-refractivity contribution < 1.29 is 9.90 Å². The number of amides is 1. The van der Waals surface area contributed by atoms with E-state index in [2.05, 4.69) is 15.6 Å². The Kier molecular flexibility index (Phi) is 6.49. The van der Waals surface area contributed by atoms with Crippen molar-refractivity contribution in [2.24, 2.45) is 0 Å². The van der Waals surface area contributed by atoms with Gasteiger partial charge < -0.3 is 10.4 Å². The number of rotatable bonds is 6. The summed E-state index contributed by atoms with van der Waals surface area (Å²) in [6.45, 7) is 0.320. The first-order valence-electron chi connectivity index (χ1n) is 9.62. The summed E-state index contributed by atoms with van der Waals surface area (Å²) in [5, 5.41) is 17.5. The van der Waals surface area contributed by atoms with Crippen molar-refractivity contribution in [3.05, 3.63) is 94.1 Å². The molecule has 31 heavy (non-hydrogen) atoms. The second-order valence-corrected chi connectivity index (χ2v) is 7.74. The molecule has 0 atom stereocenters. The van der Waals surface area contributed by atoms with Gasteiger partial charge in [-0.15, -0.1) is 0 Å². The van der Waals surface area contributed by atoms with Crippen molar-refractivity contribution in [1.82, 2.24) is 10.3 Å². The number of nitrogens with one attached hydrogen (secondary N) is 2. The summed E-state index contributed by atoms with van der Waals surface area (Å²) in [4.78, 5) is 17.3. The topological polar surface area (TPSA) is 74.2 Å². The first kappa shape index (κ1) is 21.3. The van der Waals surface area contributed by atoms with E-state index in [0.717, 1.165) is 27.6 Å². The van der Waals surface area contributed by atoms with Gasteiger partial charge >= 0.3 is 0 Å². The van der Waals surface area contributed by atoms with Crippen molar-refractivity contribution in [2.45, 2.75) is 6.54 Å². The first-order valence-corrected chi connectivity index (χ1v) is 10.4. The fourth-order valence-corrected chi connectivity index (χ4v) is 3.87. The number of carbonyl (C=O) groups excluding carboxylic acids is 1. The van der Waals surface area contributed by atoms with Crippen molar-refractivity contribution in [2.75, 3.05) is 12.0 Å². The van der Waals surface area contributed by atoms with Crippen molar-refractivity contribution in [3.8, 4) is 11.3 Å². The Labute approximate surface area is 189 Å². The second kappa shape index (κ2) is 9.45. The number of aromatic nitrogens is 1. The average Bonchev–Trinajstić information content (AvgIpc) is 2.78. The van der Waals surface area contributed by atoms with Gasteiger partial charge in [-0.1, -0.05) is 53.5 Å². The molecule has 0 unspecified atom stereocenters. The maximum Gasteiger partial charge on any atom is 0.257 e. The smallest absolute Gasteiger partial charge is 0.257 e. The average molecular weight is 452 g/mol. The van der Waals surface area contributed by atoms with Crippen LogP contribution in [0.4, 0.5) is 5.69 Å². The maximum atomic E-state index is 12.8. The Balaban J connectivity index is 1.63. The van der Waals surface area contributed by atoms with Gasteiger partial charge in [-0.25, -0.2) is 0 Å². The highest BCUT2D eigenvalue weighted by molar-refractivity contribution is 6.35. The van der Waals surface area contributed by atoms with Crippen LogP contribution in [0.2, 0.25) is 10.0 Å². The van der Waals surface area contributed by atoms with Gasteiger partial charge in [0.25, 0.3) is 5.91 Å². The third-order valence-electron chi connectivity index (χ3n) is 4.87. The van der Waals surface area contributed by atoms with Crippen LogP contribution in [-0.4, -0.2) is 22.7 Å². The number of aliphatic hydroxyl groups is 1. The lowest BCUT2D eigenvalue weighted by Crippen LogP contribution is -2.15. The molecule has 3 aromatic carbocycles. The SMILES string of the molecule is O=C(Nc1ccc(Cl)c(-c2nccc3ccccc23)c1)c1ccc(CNCO)cc1Cl. The number of anilines is 1. The summed E-state index contributed by atoms with van der Waals surface area (Å²) in [7, 11) is 0. The number of halogens is 2. The standard InChI is InChI=1S/C24H19Cl2N3O2/c25-21-8-6-17(12-20(21)23-18-4-2-1-3-16(18)9-10-28-23)29-24(31)19-7-5-15(11-22(19)26)13-27-14-30/h1-12,27,30H,13-14H2,(H,29,31). The summed E-state index contributed by atoms with van der Waals surface area (Å²) in [6, 6.07) is 20.3. The van der Waals surface area contributed by atoms with Gasteiger partial charge in [0.1, 0.15) is 0 Å². The minimum atomic E-state index is -0.328. The lowest BCUT2D eigenvalue weighted by molar-refractivity contribution is 0.102. The van der Waals surface area contributed by atoms with E-state index >= 15 is 0 Å². The summed E-state index contributed by atoms with van der Waals surface area (Å²) in [5.41, 5.74) is 3.28. The molecule has 5 nitrogen and oxygen atoms in total. The zero-order valence-corrected chi connectivity index (χ0v) is 17.9. The number of nitrogens with zero attached hydrogens (tertiary/aromatic N) is 1. The van der Waals surface area contributed by atoms with Gasteiger partial charge in [-0.3, -0.25) is 15.1 Å². The number of benzene rings is 3. The molecule has 0 aliphatic rings. The largest absolute Gasteiger partial charge is 0.381 e. The monoisotopic (exact) mass is 451 g/mol. The lowest BCUT2D eigenvalue weighted by atomic mass is 10.0. The van der Waals surface area contributed by atoms with Crippen LogP contribution in [0.5, 0.6) is 0 Å². The molecular formula is C24H19Cl2N3O2. The van der Waals surface area contributed by atoms with Crippen LogP contribution in [0.1, 0.15) is 15.9 Å². The Hall–Kier alpha value is -2.96. The van der Waals surface area contributed by atoms with Gasteiger partial charge in [-0.2, -0.15) is 0 Å². The molecular weight excluding hydrogens is 433 g/mol. The molecule has 1 aromatic heterocycles. The first-order chi connectivity index (χ1) is 15.1. The zero-order chi connectivity index (χ0) is 21.8. The molecule has 4 aromatic rings. The van der Waals surface area contributed by atoms with Crippen molar-refractivity contribution >= 4 is 45.6 Å². The summed E-state index contributed by atoms with van der Waals surface area (Å²) in [5.74, 6) is -0.328. The maximum absolute atomic E-state index is 12.8. The molecule has 3 N–H and O–H groups in total. The third kappa shape index (κ3) is 4.70. The Morgan fingerprint density at radius 2 is 1.81 bits per heavy atom. The highest BCUT2D eigenvalue weighted by Crippen LogP contribution is 2.34. The molecule has 0 aliphatic carbocycles. The summed E-state index contributed by atoms with van der Waals surface area (Å²) < 4.78 is 0. The fourth-order valence-electron chi connectivity index (χ4n) is 3.37. The molecule has 0 fully saturated rings. The molecule has 4 rings (SSSR count). The predicted octanol–water partition coefficient (Wildman–Crippen LogP) is 5.50. The minimum absolute atomic E-state index is 0.135. The Morgan fingerprint density at radius 3 is 2.61 bits per heavy atom. The highest BCUT2D eigenvalue weighted by atomic mass is 35.5. The van der Waals surface area contributed by atoms with Crippen LogP contribution in [0, 0.1) is 0 Å².